The van der Waals surface area contributed by atoms with Gasteiger partial charge in [0, 0.05) is 27.5 Å². The number of fused-ring (bicyclic) bond motifs is 1. The number of halogens is 1. The summed E-state index contributed by atoms with van der Waals surface area (Å²) >= 11 is 2.30. The Balaban J connectivity index is 1.24. The van der Waals surface area contributed by atoms with Crippen LogP contribution >= 0.6 is 22.6 Å². The van der Waals surface area contributed by atoms with Crippen LogP contribution in [-0.2, 0) is 0 Å². The summed E-state index contributed by atoms with van der Waals surface area (Å²) in [6.07, 6.45) is 3.13. The molecular formula is C23H24IN3O3. The van der Waals surface area contributed by atoms with Gasteiger partial charge in [-0.2, -0.15) is 5.26 Å². The Morgan fingerprint density at radius 3 is 2.80 bits per heavy atom. The summed E-state index contributed by atoms with van der Waals surface area (Å²) in [7, 11) is 1.59. The third kappa shape index (κ3) is 4.71. The first-order valence-corrected chi connectivity index (χ1v) is 11.2. The van der Waals surface area contributed by atoms with Crippen LogP contribution in [0.3, 0.4) is 0 Å². The second-order valence-corrected chi connectivity index (χ2v) is 8.75. The first-order valence-electron chi connectivity index (χ1n) is 10.2. The van der Waals surface area contributed by atoms with Gasteiger partial charge in [0.15, 0.2) is 17.1 Å². The Kier molecular flexibility index (Phi) is 6.75. The molecule has 0 unspecified atom stereocenters. The van der Waals surface area contributed by atoms with Gasteiger partial charge >= 0.3 is 0 Å². The first-order chi connectivity index (χ1) is 14.7. The van der Waals surface area contributed by atoms with Crippen LogP contribution in [0.1, 0.15) is 36.4 Å². The van der Waals surface area contributed by atoms with Crippen LogP contribution in [0.2, 0.25) is 0 Å². The van der Waals surface area contributed by atoms with Crippen molar-refractivity contribution in [2.45, 2.75) is 25.2 Å². The van der Waals surface area contributed by atoms with Gasteiger partial charge in [-0.3, -0.25) is 0 Å². The molecule has 0 amide bonds. The van der Waals surface area contributed by atoms with Crippen molar-refractivity contribution in [3.8, 4) is 17.6 Å². The van der Waals surface area contributed by atoms with Crippen LogP contribution in [0.15, 0.2) is 40.9 Å². The van der Waals surface area contributed by atoms with Crippen LogP contribution in [0, 0.1) is 14.9 Å². The van der Waals surface area contributed by atoms with E-state index in [-0.39, 0.29) is 0 Å². The molecule has 1 saturated heterocycles. The van der Waals surface area contributed by atoms with Crippen molar-refractivity contribution < 1.29 is 14.0 Å². The van der Waals surface area contributed by atoms with E-state index in [2.05, 4.69) is 50.8 Å². The number of benzene rings is 2. The molecule has 4 rings (SSSR count). The number of aromatic nitrogens is 1. The molecular weight excluding hydrogens is 493 g/mol. The van der Waals surface area contributed by atoms with Gasteiger partial charge < -0.3 is 18.9 Å². The van der Waals surface area contributed by atoms with Crippen LogP contribution in [0.5, 0.6) is 11.5 Å². The van der Waals surface area contributed by atoms with Crippen LogP contribution < -0.4 is 9.47 Å². The molecule has 1 fully saturated rings. The van der Waals surface area contributed by atoms with Crippen LogP contribution in [0.4, 0.5) is 0 Å². The molecule has 6 nitrogen and oxygen atoms in total. The maximum Gasteiger partial charge on any atom is 0.168 e. The van der Waals surface area contributed by atoms with E-state index in [0.29, 0.717) is 29.6 Å². The van der Waals surface area contributed by atoms with E-state index >= 15 is 0 Å². The summed E-state index contributed by atoms with van der Waals surface area (Å²) in [6.45, 7) is 3.74. The number of nitrogens with zero attached hydrogens (tertiary/aromatic N) is 3. The van der Waals surface area contributed by atoms with E-state index in [4.69, 9.17) is 19.3 Å². The van der Waals surface area contributed by atoms with E-state index in [9.17, 15) is 0 Å². The monoisotopic (exact) mass is 517 g/mol. The highest BCUT2D eigenvalue weighted by atomic mass is 127. The van der Waals surface area contributed by atoms with Crippen molar-refractivity contribution in [1.29, 1.82) is 5.26 Å². The molecule has 30 heavy (non-hydrogen) atoms. The zero-order valence-corrected chi connectivity index (χ0v) is 19.1. The number of hydrogen-bond acceptors (Lipinski definition) is 6. The van der Waals surface area contributed by atoms with Gasteiger partial charge in [-0.1, -0.05) is 5.16 Å². The summed E-state index contributed by atoms with van der Waals surface area (Å²) in [6, 6.07) is 13.6. The second kappa shape index (κ2) is 9.67. The molecule has 1 aliphatic heterocycles. The minimum Gasteiger partial charge on any atom is -0.493 e. The van der Waals surface area contributed by atoms with Crippen molar-refractivity contribution in [1.82, 2.24) is 10.1 Å². The summed E-state index contributed by atoms with van der Waals surface area (Å²) in [5, 5.41) is 14.5. The lowest BCUT2D eigenvalue weighted by Gasteiger charge is -2.31. The fourth-order valence-corrected chi connectivity index (χ4v) is 4.44. The van der Waals surface area contributed by atoms with Gasteiger partial charge in [-0.15, -0.1) is 0 Å². The zero-order chi connectivity index (χ0) is 20.9. The van der Waals surface area contributed by atoms with E-state index < -0.39 is 0 Å². The second-order valence-electron chi connectivity index (χ2n) is 7.50. The number of methoxy groups -OCH3 is 1. The molecule has 0 spiro atoms. The lowest BCUT2D eigenvalue weighted by Crippen LogP contribution is -2.34. The highest BCUT2D eigenvalue weighted by Gasteiger charge is 2.24. The zero-order valence-electron chi connectivity index (χ0n) is 16.9. The molecule has 0 N–H and O–H groups in total. The van der Waals surface area contributed by atoms with Gasteiger partial charge in [-0.25, -0.2) is 0 Å². The molecule has 1 aromatic heterocycles. The molecule has 0 radical (unpaired) electrons. The quantitative estimate of drug-likeness (QED) is 0.326. The van der Waals surface area contributed by atoms with E-state index in [1.165, 1.54) is 3.57 Å². The lowest BCUT2D eigenvalue weighted by molar-refractivity contribution is 0.189. The summed E-state index contributed by atoms with van der Waals surface area (Å²) in [4.78, 5) is 2.49. The predicted octanol–water partition coefficient (Wildman–Crippen LogP) is 4.96. The number of hydrogen-bond donors (Lipinski definition) is 0. The highest BCUT2D eigenvalue weighted by Crippen LogP contribution is 2.33. The first kappa shape index (κ1) is 20.9. The standard InChI is InChI=1S/C23H24IN3O3/c1-28-22-13-16(15-25)3-6-20(22)29-12-2-9-27-10-7-17(8-11-27)23-19-5-4-18(24)14-21(19)30-26-23/h3-6,13-14,17H,2,7-12H2,1H3. The van der Waals surface area contributed by atoms with Crippen molar-refractivity contribution >= 4 is 33.6 Å². The van der Waals surface area contributed by atoms with E-state index in [1.54, 1.807) is 25.3 Å². The van der Waals surface area contributed by atoms with Gasteiger partial charge in [0.05, 0.1) is 31.0 Å². The average molecular weight is 517 g/mol. The molecule has 3 aromatic rings. The third-order valence-electron chi connectivity index (χ3n) is 5.61. The Morgan fingerprint density at radius 2 is 2.03 bits per heavy atom. The minimum absolute atomic E-state index is 0.460. The number of ether oxygens (including phenoxy) is 2. The third-order valence-corrected chi connectivity index (χ3v) is 6.28. The number of rotatable bonds is 7. The van der Waals surface area contributed by atoms with Gasteiger partial charge in [0.2, 0.25) is 0 Å². The maximum atomic E-state index is 8.99. The molecule has 0 bridgehead atoms. The fraction of sp³-hybridized carbons (Fsp3) is 0.391. The van der Waals surface area contributed by atoms with Crippen LogP contribution in [-0.4, -0.2) is 43.4 Å². The van der Waals surface area contributed by atoms with Crippen molar-refractivity contribution in [2.75, 3.05) is 33.4 Å². The number of piperidine rings is 1. The molecule has 0 atom stereocenters. The summed E-state index contributed by atoms with van der Waals surface area (Å²) < 4.78 is 17.9. The lowest BCUT2D eigenvalue weighted by atomic mass is 9.91. The minimum atomic E-state index is 0.460. The highest BCUT2D eigenvalue weighted by molar-refractivity contribution is 14.1. The molecule has 2 heterocycles. The van der Waals surface area contributed by atoms with Crippen molar-refractivity contribution in [3.05, 3.63) is 51.2 Å². The normalized spacial score (nSPS) is 15.2. The molecule has 7 heteroatoms. The molecule has 0 saturated carbocycles. The van der Waals surface area contributed by atoms with E-state index in [0.717, 1.165) is 55.6 Å². The number of likely N-dealkylation sites (tertiary alicyclic amines) is 1. The van der Waals surface area contributed by atoms with Crippen LogP contribution in [0.25, 0.3) is 11.0 Å². The average Bonchev–Trinajstić information content (AvgIpc) is 3.20. The maximum absolute atomic E-state index is 8.99. The van der Waals surface area contributed by atoms with E-state index in [1.807, 2.05) is 6.07 Å². The molecule has 2 aromatic carbocycles. The molecule has 1 aliphatic rings. The predicted molar refractivity (Wildman–Crippen MR) is 123 cm³/mol. The topological polar surface area (TPSA) is 71.5 Å². The summed E-state index contributed by atoms with van der Waals surface area (Å²) in [5.41, 5.74) is 2.56. The van der Waals surface area contributed by atoms with Crippen molar-refractivity contribution in [2.24, 2.45) is 0 Å². The SMILES string of the molecule is COc1cc(C#N)ccc1OCCCN1CCC(c2noc3cc(I)ccc23)CC1. The summed E-state index contributed by atoms with van der Waals surface area (Å²) in [5.74, 6) is 1.74. The van der Waals surface area contributed by atoms with Gasteiger partial charge in [0.25, 0.3) is 0 Å². The fourth-order valence-electron chi connectivity index (χ4n) is 3.98. The molecule has 0 aliphatic carbocycles. The Morgan fingerprint density at radius 1 is 1.20 bits per heavy atom. The van der Waals surface area contributed by atoms with Gasteiger partial charge in [0.1, 0.15) is 0 Å². The smallest absolute Gasteiger partial charge is 0.168 e. The molecule has 156 valence electrons. The largest absolute Gasteiger partial charge is 0.493 e. The Bertz CT molecular complexity index is 1050. The Labute approximate surface area is 189 Å². The number of nitriles is 1. The Hall–Kier alpha value is -2.31. The van der Waals surface area contributed by atoms with Gasteiger partial charge in [-0.05, 0) is 85.3 Å². The van der Waals surface area contributed by atoms with Crippen molar-refractivity contribution in [3.63, 3.8) is 0 Å².